The van der Waals surface area contributed by atoms with Gasteiger partial charge in [0.25, 0.3) is 0 Å². The normalized spacial score (nSPS) is 10.1. The lowest BCUT2D eigenvalue weighted by atomic mass is 10.0. The molecule has 122 valence electrons. The third-order valence-corrected chi connectivity index (χ3v) is 3.10. The number of methoxy groups -OCH3 is 1. The van der Waals surface area contributed by atoms with Gasteiger partial charge in [-0.2, -0.15) is 0 Å². The molecular weight excluding hydrogens is 335 g/mol. The van der Waals surface area contributed by atoms with Crippen molar-refractivity contribution in [3.63, 3.8) is 0 Å². The van der Waals surface area contributed by atoms with Crippen LogP contribution in [0, 0.1) is 0 Å². The number of aryl methyl sites for hydroxylation is 1. The summed E-state index contributed by atoms with van der Waals surface area (Å²) in [4.78, 5) is 22.2. The Labute approximate surface area is 137 Å². The molecule has 0 fully saturated rings. The average molecular weight is 351 g/mol. The van der Waals surface area contributed by atoms with Crippen LogP contribution in [0.2, 0.25) is 0 Å². The van der Waals surface area contributed by atoms with Crippen molar-refractivity contribution in [2.24, 2.45) is 11.5 Å². The van der Waals surface area contributed by atoms with Gasteiger partial charge in [0.2, 0.25) is 5.75 Å². The molecule has 0 unspecified atom stereocenters. The van der Waals surface area contributed by atoms with Crippen LogP contribution in [0.5, 0.6) is 17.2 Å². The maximum Gasteiger partial charge on any atom is 0.410 e. The van der Waals surface area contributed by atoms with Gasteiger partial charge < -0.3 is 25.7 Å². The van der Waals surface area contributed by atoms with Crippen LogP contribution in [0.15, 0.2) is 6.07 Å². The molecule has 4 N–H and O–H groups in total. The predicted molar refractivity (Wildman–Crippen MR) is 82.3 cm³/mol. The number of ether oxygens (including phenoxy) is 3. The highest BCUT2D eigenvalue weighted by Crippen LogP contribution is 2.43. The SMILES string of the molecule is COc1c(OC(N)=O)cc(CCCl)c(CCCl)c1OC(N)=O. The Morgan fingerprint density at radius 1 is 1.05 bits per heavy atom. The Balaban J connectivity index is 3.56. The van der Waals surface area contributed by atoms with Crippen molar-refractivity contribution in [2.75, 3.05) is 18.9 Å². The van der Waals surface area contributed by atoms with E-state index in [2.05, 4.69) is 0 Å². The third-order valence-electron chi connectivity index (χ3n) is 2.72. The Kier molecular flexibility index (Phi) is 7.07. The van der Waals surface area contributed by atoms with Gasteiger partial charge in [0.1, 0.15) is 0 Å². The van der Waals surface area contributed by atoms with Crippen LogP contribution < -0.4 is 25.7 Å². The lowest BCUT2D eigenvalue weighted by Crippen LogP contribution is -2.20. The number of hydrogen-bond donors (Lipinski definition) is 2. The van der Waals surface area contributed by atoms with Crippen LogP contribution in [-0.2, 0) is 12.8 Å². The smallest absolute Gasteiger partial charge is 0.410 e. The number of nitrogens with two attached hydrogens (primary N) is 2. The first-order chi connectivity index (χ1) is 10.4. The quantitative estimate of drug-likeness (QED) is 0.731. The van der Waals surface area contributed by atoms with Crippen molar-refractivity contribution in [1.29, 1.82) is 0 Å². The predicted octanol–water partition coefficient (Wildman–Crippen LogP) is 2.17. The maximum atomic E-state index is 11.1. The zero-order valence-electron chi connectivity index (χ0n) is 11.9. The molecule has 0 saturated carbocycles. The molecule has 7 nitrogen and oxygen atoms in total. The number of carbonyl (C=O) groups is 2. The van der Waals surface area contributed by atoms with Crippen LogP contribution >= 0.6 is 23.2 Å². The van der Waals surface area contributed by atoms with Gasteiger partial charge in [0.15, 0.2) is 11.5 Å². The highest BCUT2D eigenvalue weighted by molar-refractivity contribution is 6.18. The lowest BCUT2D eigenvalue weighted by Gasteiger charge is -2.19. The minimum atomic E-state index is -1.04. The van der Waals surface area contributed by atoms with Gasteiger partial charge in [-0.05, 0) is 24.5 Å². The molecule has 9 heteroatoms. The Morgan fingerprint density at radius 2 is 1.64 bits per heavy atom. The lowest BCUT2D eigenvalue weighted by molar-refractivity contribution is 0.204. The second-order valence-electron chi connectivity index (χ2n) is 4.09. The summed E-state index contributed by atoms with van der Waals surface area (Å²) in [6.45, 7) is 0. The van der Waals surface area contributed by atoms with Crippen LogP contribution in [0.3, 0.4) is 0 Å². The van der Waals surface area contributed by atoms with E-state index >= 15 is 0 Å². The van der Waals surface area contributed by atoms with Crippen LogP contribution in [-0.4, -0.2) is 31.1 Å². The van der Waals surface area contributed by atoms with Gasteiger partial charge >= 0.3 is 12.2 Å². The molecule has 0 radical (unpaired) electrons. The van der Waals surface area contributed by atoms with Gasteiger partial charge in [0.05, 0.1) is 7.11 Å². The van der Waals surface area contributed by atoms with E-state index in [1.165, 1.54) is 7.11 Å². The van der Waals surface area contributed by atoms with Gasteiger partial charge in [0, 0.05) is 17.3 Å². The largest absolute Gasteiger partial charge is 0.490 e. The third kappa shape index (κ3) is 4.57. The number of carbonyl (C=O) groups excluding carboxylic acids is 2. The average Bonchev–Trinajstić information content (AvgIpc) is 2.42. The fourth-order valence-corrected chi connectivity index (χ4v) is 2.38. The minimum Gasteiger partial charge on any atom is -0.490 e. The summed E-state index contributed by atoms with van der Waals surface area (Å²) in [6.07, 6.45) is -1.27. The van der Waals surface area contributed by atoms with E-state index in [1.54, 1.807) is 6.07 Å². The number of amides is 2. The summed E-state index contributed by atoms with van der Waals surface area (Å²) in [5.74, 6) is 0.632. The second-order valence-corrected chi connectivity index (χ2v) is 4.85. The van der Waals surface area contributed by atoms with Crippen molar-refractivity contribution >= 4 is 35.4 Å². The Hall–Kier alpha value is -1.86. The van der Waals surface area contributed by atoms with E-state index < -0.39 is 12.2 Å². The van der Waals surface area contributed by atoms with E-state index in [-0.39, 0.29) is 23.1 Å². The summed E-state index contributed by atoms with van der Waals surface area (Å²) in [5, 5.41) is 0. The van der Waals surface area contributed by atoms with Crippen molar-refractivity contribution in [2.45, 2.75) is 12.8 Å². The molecule has 0 aliphatic rings. The topological polar surface area (TPSA) is 114 Å². The summed E-state index contributed by atoms with van der Waals surface area (Å²) >= 11 is 11.6. The van der Waals surface area contributed by atoms with Gasteiger partial charge in [-0.25, -0.2) is 9.59 Å². The molecule has 22 heavy (non-hydrogen) atoms. The summed E-state index contributed by atoms with van der Waals surface area (Å²) in [6, 6.07) is 1.54. The molecule has 1 aromatic rings. The number of benzene rings is 1. The minimum absolute atomic E-state index is 0.00434. The molecule has 0 aliphatic heterocycles. The fourth-order valence-electron chi connectivity index (χ4n) is 1.99. The first kappa shape index (κ1) is 18.2. The Bertz CT molecular complexity index is 566. The standard InChI is InChI=1S/C13H16Cl2N2O5/c1-20-11-9(21-12(16)18)6-7(2-4-14)8(3-5-15)10(11)22-13(17)19/h6H,2-5H2,1H3,(H2,16,18)(H2,17,19). The molecule has 0 spiro atoms. The number of rotatable bonds is 7. The van der Waals surface area contributed by atoms with Crippen molar-refractivity contribution in [3.8, 4) is 17.2 Å². The van der Waals surface area contributed by atoms with E-state index in [4.69, 9.17) is 48.9 Å². The fraction of sp³-hybridized carbons (Fsp3) is 0.385. The highest BCUT2D eigenvalue weighted by Gasteiger charge is 2.23. The maximum absolute atomic E-state index is 11.1. The molecule has 1 rings (SSSR count). The molecule has 2 amide bonds. The van der Waals surface area contributed by atoms with Crippen LogP contribution in [0.1, 0.15) is 11.1 Å². The second kappa shape index (κ2) is 8.55. The van der Waals surface area contributed by atoms with E-state index in [9.17, 15) is 9.59 Å². The van der Waals surface area contributed by atoms with Gasteiger partial charge in [-0.15, -0.1) is 23.2 Å². The van der Waals surface area contributed by atoms with Gasteiger partial charge in [-0.1, -0.05) is 0 Å². The molecule has 0 bridgehead atoms. The van der Waals surface area contributed by atoms with Crippen molar-refractivity contribution in [3.05, 3.63) is 17.2 Å². The molecule has 1 aromatic carbocycles. The zero-order valence-corrected chi connectivity index (χ0v) is 13.4. The first-order valence-corrected chi connectivity index (χ1v) is 7.30. The van der Waals surface area contributed by atoms with Crippen molar-refractivity contribution < 1.29 is 23.8 Å². The van der Waals surface area contributed by atoms with Crippen molar-refractivity contribution in [1.82, 2.24) is 0 Å². The molecule has 0 saturated heterocycles. The zero-order chi connectivity index (χ0) is 16.7. The summed E-state index contributed by atoms with van der Waals surface area (Å²) in [5.41, 5.74) is 11.4. The van der Waals surface area contributed by atoms with Crippen LogP contribution in [0.4, 0.5) is 9.59 Å². The molecular formula is C13H16Cl2N2O5. The summed E-state index contributed by atoms with van der Waals surface area (Å²) in [7, 11) is 1.32. The molecule has 0 aliphatic carbocycles. The number of hydrogen-bond acceptors (Lipinski definition) is 5. The first-order valence-electron chi connectivity index (χ1n) is 6.23. The number of halogens is 2. The van der Waals surface area contributed by atoms with Crippen LogP contribution in [0.25, 0.3) is 0 Å². The van der Waals surface area contributed by atoms with E-state index in [1.807, 2.05) is 0 Å². The number of primary amides is 2. The highest BCUT2D eigenvalue weighted by atomic mass is 35.5. The Morgan fingerprint density at radius 3 is 2.09 bits per heavy atom. The summed E-state index contributed by atoms with van der Waals surface area (Å²) < 4.78 is 15.1. The number of alkyl halides is 2. The molecule has 0 aromatic heterocycles. The van der Waals surface area contributed by atoms with Gasteiger partial charge in [-0.3, -0.25) is 0 Å². The monoisotopic (exact) mass is 350 g/mol. The van der Waals surface area contributed by atoms with E-state index in [0.29, 0.717) is 29.8 Å². The molecule has 0 heterocycles. The molecule has 0 atom stereocenters. The van der Waals surface area contributed by atoms with E-state index in [0.717, 1.165) is 0 Å².